The van der Waals surface area contributed by atoms with Gasteiger partial charge >= 0.3 is 0 Å². The summed E-state index contributed by atoms with van der Waals surface area (Å²) >= 11 is 0. The highest BCUT2D eigenvalue weighted by molar-refractivity contribution is 5.33. The Bertz CT molecular complexity index is 901. The van der Waals surface area contributed by atoms with E-state index in [9.17, 15) is 13.6 Å². The van der Waals surface area contributed by atoms with Gasteiger partial charge in [0.2, 0.25) is 0 Å². The molecule has 23 heavy (non-hydrogen) atoms. The highest BCUT2D eigenvalue weighted by Gasteiger charge is 2.14. The van der Waals surface area contributed by atoms with Gasteiger partial charge < -0.3 is 4.57 Å². The molecule has 7 heteroatoms. The minimum atomic E-state index is -0.715. The van der Waals surface area contributed by atoms with E-state index in [0.717, 1.165) is 6.07 Å². The highest BCUT2D eigenvalue weighted by Crippen LogP contribution is 2.16. The van der Waals surface area contributed by atoms with Crippen molar-refractivity contribution in [1.29, 1.82) is 0 Å². The van der Waals surface area contributed by atoms with Crippen LogP contribution >= 0.6 is 0 Å². The number of rotatable bonds is 4. The molecule has 0 spiro atoms. The smallest absolute Gasteiger partial charge is 0.250 e. The van der Waals surface area contributed by atoms with Crippen molar-refractivity contribution in [3.8, 4) is 5.69 Å². The van der Waals surface area contributed by atoms with Crippen LogP contribution in [0.2, 0.25) is 0 Å². The molecule has 0 atom stereocenters. The normalized spacial score (nSPS) is 10.9. The summed E-state index contributed by atoms with van der Waals surface area (Å²) in [6.07, 6.45) is 2.07. The second kappa shape index (κ2) is 6.12. The van der Waals surface area contributed by atoms with E-state index in [1.807, 2.05) is 0 Å². The van der Waals surface area contributed by atoms with Crippen molar-refractivity contribution < 1.29 is 8.78 Å². The van der Waals surface area contributed by atoms with Gasteiger partial charge in [0.1, 0.15) is 23.2 Å². The molecule has 2 heterocycles. The van der Waals surface area contributed by atoms with Crippen molar-refractivity contribution >= 4 is 0 Å². The van der Waals surface area contributed by atoms with Crippen LogP contribution in [0.1, 0.15) is 11.6 Å². The standard InChI is InChI=1S/C16H14F2N4O/c1-11-19-15(7-9-21-8-3-2-4-16(21)23)22(20-11)14-6-5-12(17)10-13(14)18/h2-6,8,10H,7,9H2,1H3. The lowest BCUT2D eigenvalue weighted by atomic mass is 10.3. The van der Waals surface area contributed by atoms with E-state index in [1.54, 1.807) is 25.3 Å². The summed E-state index contributed by atoms with van der Waals surface area (Å²) in [5, 5.41) is 4.16. The molecule has 5 nitrogen and oxygen atoms in total. The third kappa shape index (κ3) is 3.18. The van der Waals surface area contributed by atoms with Crippen LogP contribution in [0.3, 0.4) is 0 Å². The van der Waals surface area contributed by atoms with Crippen molar-refractivity contribution in [2.24, 2.45) is 0 Å². The van der Waals surface area contributed by atoms with Gasteiger partial charge in [-0.1, -0.05) is 6.07 Å². The number of pyridine rings is 1. The summed E-state index contributed by atoms with van der Waals surface area (Å²) < 4.78 is 29.9. The molecule has 0 aliphatic carbocycles. The Kier molecular flexibility index (Phi) is 4.01. The number of benzene rings is 1. The molecular weight excluding hydrogens is 302 g/mol. The average molecular weight is 316 g/mol. The van der Waals surface area contributed by atoms with Gasteiger partial charge in [-0.25, -0.2) is 18.4 Å². The van der Waals surface area contributed by atoms with Crippen LogP contribution in [0.5, 0.6) is 0 Å². The number of halogens is 2. The monoisotopic (exact) mass is 316 g/mol. The lowest BCUT2D eigenvalue weighted by Gasteiger charge is -2.08. The van der Waals surface area contributed by atoms with E-state index in [0.29, 0.717) is 24.6 Å². The van der Waals surface area contributed by atoms with Crippen molar-refractivity contribution in [2.45, 2.75) is 19.9 Å². The fourth-order valence-electron chi connectivity index (χ4n) is 2.33. The van der Waals surface area contributed by atoms with Crippen LogP contribution in [0.25, 0.3) is 5.69 Å². The van der Waals surface area contributed by atoms with Gasteiger partial charge in [-0.2, -0.15) is 5.10 Å². The van der Waals surface area contributed by atoms with Gasteiger partial charge in [0, 0.05) is 31.3 Å². The number of aryl methyl sites for hydroxylation is 3. The minimum absolute atomic E-state index is 0.122. The summed E-state index contributed by atoms with van der Waals surface area (Å²) in [6, 6.07) is 8.18. The first kappa shape index (κ1) is 15.1. The van der Waals surface area contributed by atoms with Gasteiger partial charge in [0.15, 0.2) is 5.82 Å². The van der Waals surface area contributed by atoms with Crippen LogP contribution < -0.4 is 5.56 Å². The highest BCUT2D eigenvalue weighted by atomic mass is 19.1. The maximum Gasteiger partial charge on any atom is 0.250 e. The predicted octanol–water partition coefficient (Wildman–Crippen LogP) is 2.26. The Balaban J connectivity index is 1.92. The first-order valence-corrected chi connectivity index (χ1v) is 7.08. The minimum Gasteiger partial charge on any atom is -0.315 e. The lowest BCUT2D eigenvalue weighted by Crippen LogP contribution is -2.20. The van der Waals surface area contributed by atoms with Gasteiger partial charge in [-0.15, -0.1) is 0 Å². The molecule has 0 N–H and O–H groups in total. The second-order valence-corrected chi connectivity index (χ2v) is 5.07. The Labute approximate surface area is 130 Å². The Morgan fingerprint density at radius 3 is 2.74 bits per heavy atom. The fourth-order valence-corrected chi connectivity index (χ4v) is 2.33. The molecule has 0 aliphatic heterocycles. The average Bonchev–Trinajstić information content (AvgIpc) is 2.87. The third-order valence-electron chi connectivity index (χ3n) is 3.39. The van der Waals surface area contributed by atoms with Crippen LogP contribution in [0, 0.1) is 18.6 Å². The summed E-state index contributed by atoms with van der Waals surface area (Å²) in [5.41, 5.74) is 0.00524. The quantitative estimate of drug-likeness (QED) is 0.742. The number of hydrogen-bond donors (Lipinski definition) is 0. The second-order valence-electron chi connectivity index (χ2n) is 5.07. The molecule has 0 unspecified atom stereocenters. The Hall–Kier alpha value is -2.83. The van der Waals surface area contributed by atoms with Gasteiger partial charge in [0.25, 0.3) is 5.56 Å². The van der Waals surface area contributed by atoms with E-state index < -0.39 is 11.6 Å². The number of nitrogens with zero attached hydrogens (tertiary/aromatic N) is 4. The zero-order chi connectivity index (χ0) is 16.4. The zero-order valence-corrected chi connectivity index (χ0v) is 12.4. The molecule has 0 radical (unpaired) electrons. The van der Waals surface area contributed by atoms with Crippen LogP contribution in [-0.2, 0) is 13.0 Å². The van der Waals surface area contributed by atoms with Crippen LogP contribution in [0.15, 0.2) is 47.4 Å². The van der Waals surface area contributed by atoms with Gasteiger partial charge in [-0.3, -0.25) is 4.79 Å². The predicted molar refractivity (Wildman–Crippen MR) is 80.4 cm³/mol. The molecule has 0 saturated heterocycles. The van der Waals surface area contributed by atoms with Gasteiger partial charge in [0.05, 0.1) is 0 Å². The van der Waals surface area contributed by atoms with Crippen LogP contribution in [-0.4, -0.2) is 19.3 Å². The molecule has 0 fully saturated rings. The first-order valence-electron chi connectivity index (χ1n) is 7.08. The summed E-state index contributed by atoms with van der Waals surface area (Å²) in [7, 11) is 0. The molecule has 3 rings (SSSR count). The van der Waals surface area contributed by atoms with E-state index in [4.69, 9.17) is 0 Å². The number of aromatic nitrogens is 4. The molecular formula is C16H14F2N4O. The maximum absolute atomic E-state index is 14.0. The summed E-state index contributed by atoms with van der Waals surface area (Å²) in [4.78, 5) is 16.0. The molecule has 2 aromatic heterocycles. The molecule has 0 amide bonds. The van der Waals surface area contributed by atoms with E-state index in [2.05, 4.69) is 10.1 Å². The molecule has 0 aliphatic rings. The lowest BCUT2D eigenvalue weighted by molar-refractivity contribution is 0.566. The van der Waals surface area contributed by atoms with E-state index >= 15 is 0 Å². The van der Waals surface area contributed by atoms with Crippen molar-refractivity contribution in [2.75, 3.05) is 0 Å². The zero-order valence-electron chi connectivity index (χ0n) is 12.4. The SMILES string of the molecule is Cc1nc(CCn2ccccc2=O)n(-c2ccc(F)cc2F)n1. The molecule has 3 aromatic rings. The van der Waals surface area contributed by atoms with Gasteiger partial charge in [-0.05, 0) is 25.1 Å². The summed E-state index contributed by atoms with van der Waals surface area (Å²) in [6.45, 7) is 2.08. The molecule has 0 bridgehead atoms. The number of hydrogen-bond acceptors (Lipinski definition) is 3. The van der Waals surface area contributed by atoms with E-state index in [1.165, 1.54) is 27.4 Å². The van der Waals surface area contributed by atoms with Crippen molar-refractivity contribution in [1.82, 2.24) is 19.3 Å². The third-order valence-corrected chi connectivity index (χ3v) is 3.39. The van der Waals surface area contributed by atoms with Crippen LogP contribution in [0.4, 0.5) is 8.78 Å². The molecule has 1 aromatic carbocycles. The fraction of sp³-hybridized carbons (Fsp3) is 0.188. The largest absolute Gasteiger partial charge is 0.315 e. The maximum atomic E-state index is 14.0. The molecule has 0 saturated carbocycles. The van der Waals surface area contributed by atoms with E-state index in [-0.39, 0.29) is 11.2 Å². The topological polar surface area (TPSA) is 52.7 Å². The summed E-state index contributed by atoms with van der Waals surface area (Å²) in [5.74, 6) is -0.388. The first-order chi connectivity index (χ1) is 11.0. The van der Waals surface area contributed by atoms with Crippen molar-refractivity contribution in [3.05, 3.63) is 76.2 Å². The Morgan fingerprint density at radius 2 is 2.00 bits per heavy atom. The molecule has 118 valence electrons. The Morgan fingerprint density at radius 1 is 1.17 bits per heavy atom. The van der Waals surface area contributed by atoms with Crippen molar-refractivity contribution in [3.63, 3.8) is 0 Å².